The van der Waals surface area contributed by atoms with Crippen LogP contribution in [0.1, 0.15) is 70.8 Å². The van der Waals surface area contributed by atoms with Crippen LogP contribution in [-0.2, 0) is 6.42 Å². The van der Waals surface area contributed by atoms with Crippen molar-refractivity contribution in [3.63, 3.8) is 0 Å². The first-order chi connectivity index (χ1) is 13.5. The Morgan fingerprint density at radius 3 is 2.57 bits per heavy atom. The summed E-state index contributed by atoms with van der Waals surface area (Å²) in [5.74, 6) is 0.340. The molecule has 1 saturated carbocycles. The highest BCUT2D eigenvalue weighted by molar-refractivity contribution is 5.92. The van der Waals surface area contributed by atoms with E-state index in [1.807, 2.05) is 0 Å². The number of aromatic carboxylic acids is 1. The second kappa shape index (κ2) is 7.27. The average Bonchev–Trinajstić information content (AvgIpc) is 3.48. The molecule has 1 heterocycles. The summed E-state index contributed by atoms with van der Waals surface area (Å²) in [6.45, 7) is 4.17. The Balaban J connectivity index is 1.78. The van der Waals surface area contributed by atoms with Crippen molar-refractivity contribution in [1.82, 2.24) is 0 Å². The first kappa shape index (κ1) is 18.5. The van der Waals surface area contributed by atoms with Crippen LogP contribution in [0.25, 0.3) is 11.0 Å². The molecule has 1 fully saturated rings. The van der Waals surface area contributed by atoms with E-state index in [0.29, 0.717) is 23.3 Å². The topological polar surface area (TPSA) is 67.5 Å². The fraction of sp³-hybridized carbons (Fsp3) is 0.333. The van der Waals surface area contributed by atoms with Gasteiger partial charge in [-0.15, -0.1) is 0 Å². The molecule has 2 unspecified atom stereocenters. The van der Waals surface area contributed by atoms with E-state index in [-0.39, 0.29) is 16.9 Å². The van der Waals surface area contributed by atoms with Crippen LogP contribution < -0.4 is 5.43 Å². The number of fused-ring (bicyclic) bond motifs is 1. The van der Waals surface area contributed by atoms with Crippen molar-refractivity contribution in [2.75, 3.05) is 0 Å². The standard InChI is InChI=1S/C24H24O4/c1-3-4-5-17-22(25)20-12-16(24(26)27)10-11-21(20)28-23(17)19-13-18(19)15-8-6-14(2)7-9-15/h6-12,18-19H,3-5,13H2,1-2H3,(H,26,27). The number of hydrogen-bond acceptors (Lipinski definition) is 3. The van der Waals surface area contributed by atoms with Crippen LogP contribution in [-0.4, -0.2) is 11.1 Å². The second-order valence-corrected chi connectivity index (χ2v) is 7.75. The van der Waals surface area contributed by atoms with Crippen molar-refractivity contribution < 1.29 is 14.3 Å². The molecule has 2 atom stereocenters. The number of aryl methyl sites for hydroxylation is 1. The first-order valence-corrected chi connectivity index (χ1v) is 9.89. The van der Waals surface area contributed by atoms with Gasteiger partial charge in [0.05, 0.1) is 10.9 Å². The molecular weight excluding hydrogens is 352 g/mol. The minimum Gasteiger partial charge on any atom is -0.478 e. The predicted octanol–water partition coefficient (Wildman–Crippen LogP) is 5.41. The largest absolute Gasteiger partial charge is 0.478 e. The SMILES string of the molecule is CCCCc1c(C2CC2c2ccc(C)cc2)oc2ccc(C(=O)O)cc2c1=O. The van der Waals surface area contributed by atoms with E-state index in [9.17, 15) is 14.7 Å². The molecule has 1 aromatic heterocycles. The Bertz CT molecular complexity index is 1090. The number of carbonyl (C=O) groups is 1. The highest BCUT2D eigenvalue weighted by Gasteiger charge is 2.43. The zero-order valence-corrected chi connectivity index (χ0v) is 16.2. The lowest BCUT2D eigenvalue weighted by Gasteiger charge is -2.10. The fourth-order valence-electron chi connectivity index (χ4n) is 3.94. The molecule has 2 aromatic carbocycles. The molecule has 28 heavy (non-hydrogen) atoms. The quantitative estimate of drug-likeness (QED) is 0.624. The van der Waals surface area contributed by atoms with Crippen LogP contribution >= 0.6 is 0 Å². The van der Waals surface area contributed by atoms with Crippen LogP contribution in [0.15, 0.2) is 51.7 Å². The lowest BCUT2D eigenvalue weighted by molar-refractivity contribution is 0.0697. The monoisotopic (exact) mass is 376 g/mol. The second-order valence-electron chi connectivity index (χ2n) is 7.75. The van der Waals surface area contributed by atoms with Crippen LogP contribution in [0.3, 0.4) is 0 Å². The maximum absolute atomic E-state index is 13.2. The zero-order chi connectivity index (χ0) is 19.8. The van der Waals surface area contributed by atoms with E-state index in [0.717, 1.165) is 30.6 Å². The number of unbranched alkanes of at least 4 members (excludes halogenated alkanes) is 1. The van der Waals surface area contributed by atoms with Crippen LogP contribution in [0, 0.1) is 6.92 Å². The molecule has 144 valence electrons. The van der Waals surface area contributed by atoms with Crippen molar-refractivity contribution >= 4 is 16.9 Å². The Kier molecular flexibility index (Phi) is 4.80. The van der Waals surface area contributed by atoms with Gasteiger partial charge in [-0.05, 0) is 55.9 Å². The Morgan fingerprint density at radius 2 is 1.89 bits per heavy atom. The van der Waals surface area contributed by atoms with Gasteiger partial charge >= 0.3 is 5.97 Å². The molecule has 0 aliphatic heterocycles. The van der Waals surface area contributed by atoms with Crippen molar-refractivity contribution in [2.24, 2.45) is 0 Å². The summed E-state index contributed by atoms with van der Waals surface area (Å²) in [5.41, 5.74) is 3.73. The maximum Gasteiger partial charge on any atom is 0.335 e. The number of hydrogen-bond donors (Lipinski definition) is 1. The van der Waals surface area contributed by atoms with E-state index in [4.69, 9.17) is 4.42 Å². The first-order valence-electron chi connectivity index (χ1n) is 9.89. The summed E-state index contributed by atoms with van der Waals surface area (Å²) in [7, 11) is 0. The molecule has 4 nitrogen and oxygen atoms in total. The van der Waals surface area contributed by atoms with E-state index in [1.165, 1.54) is 23.3 Å². The summed E-state index contributed by atoms with van der Waals surface area (Å²) < 4.78 is 6.21. The molecule has 1 aliphatic carbocycles. The van der Waals surface area contributed by atoms with Crippen molar-refractivity contribution in [3.05, 3.63) is 80.7 Å². The zero-order valence-electron chi connectivity index (χ0n) is 16.2. The molecule has 3 aromatic rings. The summed E-state index contributed by atoms with van der Waals surface area (Å²) in [6, 6.07) is 13.1. The van der Waals surface area contributed by atoms with Gasteiger partial charge in [-0.25, -0.2) is 4.79 Å². The third-order valence-corrected chi connectivity index (χ3v) is 5.68. The summed E-state index contributed by atoms with van der Waals surface area (Å²) in [4.78, 5) is 24.5. The molecule has 1 N–H and O–H groups in total. The van der Waals surface area contributed by atoms with Crippen molar-refractivity contribution in [3.8, 4) is 0 Å². The number of carboxylic acids is 1. The van der Waals surface area contributed by atoms with Crippen molar-refractivity contribution in [1.29, 1.82) is 0 Å². The van der Waals surface area contributed by atoms with E-state index in [2.05, 4.69) is 38.1 Å². The van der Waals surface area contributed by atoms with Gasteiger partial charge in [0.15, 0.2) is 5.43 Å². The normalized spacial score (nSPS) is 18.4. The van der Waals surface area contributed by atoms with E-state index >= 15 is 0 Å². The van der Waals surface area contributed by atoms with Gasteiger partial charge in [-0.3, -0.25) is 4.79 Å². The highest BCUT2D eigenvalue weighted by atomic mass is 16.4. The van der Waals surface area contributed by atoms with Crippen LogP contribution in [0.4, 0.5) is 0 Å². The van der Waals surface area contributed by atoms with Gasteiger partial charge in [0.25, 0.3) is 0 Å². The number of rotatable bonds is 6. The summed E-state index contributed by atoms with van der Waals surface area (Å²) in [6.07, 6.45) is 3.53. The van der Waals surface area contributed by atoms with Gasteiger partial charge in [0, 0.05) is 11.5 Å². The summed E-state index contributed by atoms with van der Waals surface area (Å²) in [5, 5.41) is 9.61. The summed E-state index contributed by atoms with van der Waals surface area (Å²) >= 11 is 0. The van der Waals surface area contributed by atoms with Gasteiger partial charge < -0.3 is 9.52 Å². The minimum absolute atomic E-state index is 0.0812. The van der Waals surface area contributed by atoms with Gasteiger partial charge in [-0.1, -0.05) is 43.2 Å². The van der Waals surface area contributed by atoms with Crippen LogP contribution in [0.2, 0.25) is 0 Å². The molecule has 0 saturated heterocycles. The Hall–Kier alpha value is -2.88. The minimum atomic E-state index is -1.04. The molecule has 0 radical (unpaired) electrons. The Morgan fingerprint density at radius 1 is 1.14 bits per heavy atom. The molecular formula is C24H24O4. The number of benzene rings is 2. The molecule has 0 amide bonds. The molecule has 0 bridgehead atoms. The van der Waals surface area contributed by atoms with Gasteiger partial charge in [0.1, 0.15) is 11.3 Å². The third kappa shape index (κ3) is 3.35. The number of carboxylic acid groups (broad SMARTS) is 1. The van der Waals surface area contributed by atoms with Crippen LogP contribution in [0.5, 0.6) is 0 Å². The maximum atomic E-state index is 13.2. The molecule has 4 rings (SSSR count). The highest BCUT2D eigenvalue weighted by Crippen LogP contribution is 2.55. The lowest BCUT2D eigenvalue weighted by Crippen LogP contribution is -2.13. The predicted molar refractivity (Wildman–Crippen MR) is 109 cm³/mol. The third-order valence-electron chi connectivity index (χ3n) is 5.68. The van der Waals surface area contributed by atoms with Gasteiger partial charge in [0.2, 0.25) is 0 Å². The average molecular weight is 376 g/mol. The molecule has 0 spiro atoms. The Labute approximate surface area is 163 Å². The smallest absolute Gasteiger partial charge is 0.335 e. The van der Waals surface area contributed by atoms with Crippen molar-refractivity contribution in [2.45, 2.75) is 51.4 Å². The van der Waals surface area contributed by atoms with Gasteiger partial charge in [-0.2, -0.15) is 0 Å². The van der Waals surface area contributed by atoms with E-state index in [1.54, 1.807) is 6.07 Å². The molecule has 1 aliphatic rings. The lowest BCUT2D eigenvalue weighted by atomic mass is 9.99. The fourth-order valence-corrected chi connectivity index (χ4v) is 3.94. The van der Waals surface area contributed by atoms with E-state index < -0.39 is 5.97 Å². The molecule has 4 heteroatoms.